The van der Waals surface area contributed by atoms with Crippen molar-refractivity contribution in [3.8, 4) is 0 Å². The van der Waals surface area contributed by atoms with E-state index < -0.39 is 5.60 Å². The summed E-state index contributed by atoms with van der Waals surface area (Å²) >= 11 is 0. The molecule has 1 N–H and O–H groups in total. The molecule has 0 aromatic carbocycles. The fourth-order valence-corrected chi connectivity index (χ4v) is 4.72. The second-order valence-corrected chi connectivity index (χ2v) is 12.0. The highest BCUT2D eigenvalue weighted by Gasteiger charge is 2.26. The van der Waals surface area contributed by atoms with Gasteiger partial charge in [-0.05, 0) is 33.7 Å². The maximum Gasteiger partial charge on any atom is 0.112 e. The molecule has 0 aliphatic carbocycles. The molecule has 0 saturated carbocycles. The van der Waals surface area contributed by atoms with Crippen molar-refractivity contribution < 1.29 is 38.3 Å². The van der Waals surface area contributed by atoms with Crippen LogP contribution in [0.25, 0.3) is 0 Å². The minimum Gasteiger partial charge on any atom is -0.394 e. The first-order valence-electron chi connectivity index (χ1n) is 16.4. The van der Waals surface area contributed by atoms with E-state index in [9.17, 15) is 0 Å². The third kappa shape index (κ3) is 23.7. The van der Waals surface area contributed by atoms with Gasteiger partial charge in [0.15, 0.2) is 0 Å². The molecule has 0 bridgehead atoms. The monoisotopic (exact) mass is 591 g/mol. The number of unbranched alkanes of at least 4 members (excludes halogenated alkanes) is 9. The molecule has 1 aliphatic rings. The van der Waals surface area contributed by atoms with Crippen molar-refractivity contribution in [2.75, 3.05) is 106 Å². The van der Waals surface area contributed by atoms with Gasteiger partial charge in [-0.1, -0.05) is 64.7 Å². The van der Waals surface area contributed by atoms with Crippen LogP contribution in [0.3, 0.4) is 0 Å². The lowest BCUT2D eigenvalue weighted by Crippen LogP contribution is -2.42. The van der Waals surface area contributed by atoms with E-state index >= 15 is 0 Å². The molecule has 0 spiro atoms. The Morgan fingerprint density at radius 1 is 0.634 bits per heavy atom. The Balaban J connectivity index is 2.52. The number of nitrogens with zero attached hydrogens (tertiary/aromatic N) is 1. The first-order valence-corrected chi connectivity index (χ1v) is 16.4. The van der Waals surface area contributed by atoms with E-state index in [1.807, 2.05) is 6.92 Å². The molecular formula is C32H65NO8. The predicted octanol–water partition coefficient (Wildman–Crippen LogP) is 4.87. The van der Waals surface area contributed by atoms with Crippen LogP contribution in [0, 0.1) is 0 Å². The molecule has 1 saturated heterocycles. The summed E-state index contributed by atoms with van der Waals surface area (Å²) in [7, 11) is 0. The largest absolute Gasteiger partial charge is 0.394 e. The molecule has 0 amide bonds. The highest BCUT2D eigenvalue weighted by molar-refractivity contribution is 4.75. The molecule has 9 heteroatoms. The molecular weight excluding hydrogens is 526 g/mol. The Morgan fingerprint density at radius 3 is 1.88 bits per heavy atom. The summed E-state index contributed by atoms with van der Waals surface area (Å²) in [5, 5.41) is 8.85. The Morgan fingerprint density at radius 2 is 1.22 bits per heavy atom. The minimum absolute atomic E-state index is 0.0134. The minimum atomic E-state index is -0.589. The summed E-state index contributed by atoms with van der Waals surface area (Å²) in [6.45, 7) is 17.0. The number of hydrogen-bond acceptors (Lipinski definition) is 9. The SMILES string of the molecule is CCCCCCCCCCCCN1CCOCC(C)(C)OCCOCCOC(C)(COCCOCCO)COCC1. The molecule has 1 atom stereocenters. The smallest absolute Gasteiger partial charge is 0.112 e. The van der Waals surface area contributed by atoms with Crippen molar-refractivity contribution in [2.24, 2.45) is 0 Å². The molecule has 0 radical (unpaired) electrons. The second kappa shape index (κ2) is 26.1. The van der Waals surface area contributed by atoms with Crippen molar-refractivity contribution in [3.05, 3.63) is 0 Å². The molecule has 1 fully saturated rings. The van der Waals surface area contributed by atoms with E-state index in [4.69, 9.17) is 38.3 Å². The molecule has 1 heterocycles. The number of rotatable bonds is 18. The van der Waals surface area contributed by atoms with Gasteiger partial charge in [0, 0.05) is 13.1 Å². The molecule has 41 heavy (non-hydrogen) atoms. The van der Waals surface area contributed by atoms with Crippen molar-refractivity contribution in [1.82, 2.24) is 4.90 Å². The summed E-state index contributed by atoms with van der Waals surface area (Å²) < 4.78 is 41.2. The predicted molar refractivity (Wildman–Crippen MR) is 164 cm³/mol. The number of aliphatic hydroxyl groups excluding tert-OH is 1. The molecule has 0 aromatic heterocycles. The fraction of sp³-hybridized carbons (Fsp3) is 1.00. The van der Waals surface area contributed by atoms with Crippen molar-refractivity contribution in [1.29, 1.82) is 0 Å². The van der Waals surface area contributed by atoms with Crippen molar-refractivity contribution in [2.45, 2.75) is 103 Å². The van der Waals surface area contributed by atoms with Gasteiger partial charge < -0.3 is 38.3 Å². The summed E-state index contributed by atoms with van der Waals surface area (Å²) in [6, 6.07) is 0. The zero-order chi connectivity index (χ0) is 29.9. The first kappa shape index (κ1) is 38.7. The van der Waals surface area contributed by atoms with Crippen LogP contribution in [-0.4, -0.2) is 127 Å². The zero-order valence-electron chi connectivity index (χ0n) is 27.1. The van der Waals surface area contributed by atoms with E-state index in [-0.39, 0.29) is 12.2 Å². The van der Waals surface area contributed by atoms with Gasteiger partial charge in [0.25, 0.3) is 0 Å². The normalized spacial score (nSPS) is 22.8. The quantitative estimate of drug-likeness (QED) is 0.224. The van der Waals surface area contributed by atoms with Gasteiger partial charge in [-0.25, -0.2) is 0 Å². The number of hydrogen-bond donors (Lipinski definition) is 1. The van der Waals surface area contributed by atoms with Crippen LogP contribution in [0.1, 0.15) is 91.9 Å². The number of ether oxygens (including phenoxy) is 7. The van der Waals surface area contributed by atoms with Crippen LogP contribution in [0.4, 0.5) is 0 Å². The molecule has 246 valence electrons. The fourth-order valence-electron chi connectivity index (χ4n) is 4.72. The molecule has 9 nitrogen and oxygen atoms in total. The van der Waals surface area contributed by atoms with Crippen LogP contribution in [-0.2, 0) is 33.2 Å². The van der Waals surface area contributed by atoms with E-state index in [1.165, 1.54) is 64.2 Å². The topological polar surface area (TPSA) is 88.1 Å². The lowest BCUT2D eigenvalue weighted by Gasteiger charge is -2.31. The maximum absolute atomic E-state index is 8.85. The lowest BCUT2D eigenvalue weighted by molar-refractivity contribution is -0.142. The average molecular weight is 592 g/mol. The van der Waals surface area contributed by atoms with Gasteiger partial charge >= 0.3 is 0 Å². The highest BCUT2D eigenvalue weighted by atomic mass is 16.6. The van der Waals surface area contributed by atoms with Crippen molar-refractivity contribution in [3.63, 3.8) is 0 Å². The van der Waals surface area contributed by atoms with E-state index in [1.54, 1.807) is 0 Å². The number of aliphatic hydroxyl groups is 1. The lowest BCUT2D eigenvalue weighted by atomic mass is 10.1. The average Bonchev–Trinajstić information content (AvgIpc) is 2.95. The van der Waals surface area contributed by atoms with Gasteiger partial charge in [0.05, 0.1) is 91.5 Å². The standard InChI is InChI=1S/C32H65NO8/c1-5-6-7-8-9-10-11-12-13-14-15-33-16-19-37-28-31(2,3)40-26-24-36-25-27-41-32(4,29-38-20-17-33)30-39-23-22-35-21-18-34/h34H,5-30H2,1-4H3. The third-order valence-corrected chi connectivity index (χ3v) is 7.20. The molecule has 1 aliphatic heterocycles. The summed E-state index contributed by atoms with van der Waals surface area (Å²) in [6.07, 6.45) is 13.4. The third-order valence-electron chi connectivity index (χ3n) is 7.20. The van der Waals surface area contributed by atoms with Crippen molar-refractivity contribution >= 4 is 0 Å². The van der Waals surface area contributed by atoms with Crippen LogP contribution in [0.15, 0.2) is 0 Å². The molecule has 1 unspecified atom stereocenters. The Hall–Kier alpha value is -0.360. The van der Waals surface area contributed by atoms with Gasteiger partial charge in [-0.3, -0.25) is 4.90 Å². The van der Waals surface area contributed by atoms with E-state index in [0.29, 0.717) is 79.3 Å². The second-order valence-electron chi connectivity index (χ2n) is 12.0. The summed E-state index contributed by atoms with van der Waals surface area (Å²) in [5.74, 6) is 0. The van der Waals surface area contributed by atoms with Gasteiger partial charge in [-0.2, -0.15) is 0 Å². The summed E-state index contributed by atoms with van der Waals surface area (Å²) in [5.41, 5.74) is -0.943. The van der Waals surface area contributed by atoms with Crippen LogP contribution >= 0.6 is 0 Å². The van der Waals surface area contributed by atoms with Gasteiger partial charge in [0.2, 0.25) is 0 Å². The highest BCUT2D eigenvalue weighted by Crippen LogP contribution is 2.14. The van der Waals surface area contributed by atoms with E-state index in [0.717, 1.165) is 19.6 Å². The Kier molecular flexibility index (Phi) is 24.6. The maximum atomic E-state index is 8.85. The van der Waals surface area contributed by atoms with E-state index in [2.05, 4.69) is 25.7 Å². The zero-order valence-corrected chi connectivity index (χ0v) is 27.1. The van der Waals surface area contributed by atoms with Crippen LogP contribution in [0.2, 0.25) is 0 Å². The van der Waals surface area contributed by atoms with Gasteiger partial charge in [0.1, 0.15) is 5.60 Å². The first-order chi connectivity index (χ1) is 19.9. The Labute approximate surface area is 251 Å². The summed E-state index contributed by atoms with van der Waals surface area (Å²) in [4.78, 5) is 2.46. The Bertz CT molecular complexity index is 568. The van der Waals surface area contributed by atoms with Gasteiger partial charge in [-0.15, -0.1) is 0 Å². The van der Waals surface area contributed by atoms with Crippen LogP contribution in [0.5, 0.6) is 0 Å². The molecule has 1 rings (SSSR count). The molecule has 0 aromatic rings. The van der Waals surface area contributed by atoms with Crippen LogP contribution < -0.4 is 0 Å².